The second-order valence-electron chi connectivity index (χ2n) is 14.1. The van der Waals surface area contributed by atoms with Crippen LogP contribution in [-0.4, -0.2) is 69.4 Å². The first kappa shape index (κ1) is 34.3. The number of aromatic nitrogens is 3. The van der Waals surface area contributed by atoms with Crippen LogP contribution in [-0.2, 0) is 16.1 Å². The summed E-state index contributed by atoms with van der Waals surface area (Å²) < 4.78 is 22.9. The van der Waals surface area contributed by atoms with Crippen molar-refractivity contribution in [2.45, 2.75) is 88.9 Å². The number of fused-ring (bicyclic) bond motifs is 1. The van der Waals surface area contributed by atoms with E-state index in [1.807, 2.05) is 36.4 Å². The van der Waals surface area contributed by atoms with Gasteiger partial charge in [-0.15, -0.1) is 0 Å². The van der Waals surface area contributed by atoms with E-state index in [1.165, 1.54) is 15.2 Å². The number of pyridine rings is 1. The van der Waals surface area contributed by atoms with Crippen LogP contribution in [0.3, 0.4) is 0 Å². The third kappa shape index (κ3) is 6.91. The van der Waals surface area contributed by atoms with E-state index < -0.39 is 28.6 Å². The molecule has 1 aliphatic heterocycles. The van der Waals surface area contributed by atoms with E-state index in [0.29, 0.717) is 44.6 Å². The predicted octanol–water partition coefficient (Wildman–Crippen LogP) is 5.10. The molecule has 2 N–H and O–H groups in total. The number of halogens is 1. The lowest BCUT2D eigenvalue weighted by Crippen LogP contribution is -2.57. The van der Waals surface area contributed by atoms with Crippen LogP contribution < -0.4 is 21.9 Å². The lowest BCUT2D eigenvalue weighted by atomic mass is 9.89. The molecule has 2 aromatic carbocycles. The highest BCUT2D eigenvalue weighted by molar-refractivity contribution is 5.87. The lowest BCUT2D eigenvalue weighted by molar-refractivity contribution is -0.128. The fourth-order valence-electron chi connectivity index (χ4n) is 8.12. The largest absolute Gasteiger partial charge is 0.379 e. The molecule has 4 aromatic rings. The fourth-order valence-corrected chi connectivity index (χ4v) is 8.12. The summed E-state index contributed by atoms with van der Waals surface area (Å²) >= 11 is 0. The molecule has 2 aliphatic carbocycles. The monoisotopic (exact) mass is 682 g/mol. The van der Waals surface area contributed by atoms with Gasteiger partial charge in [-0.2, -0.15) is 0 Å². The van der Waals surface area contributed by atoms with Gasteiger partial charge >= 0.3 is 5.69 Å². The number of hydrogen-bond donors (Lipinski definition) is 2. The molecule has 3 aliphatic rings. The molecule has 1 saturated heterocycles. The zero-order valence-corrected chi connectivity index (χ0v) is 28.8. The summed E-state index contributed by atoms with van der Waals surface area (Å²) in [6, 6.07) is 16.7. The number of hydrogen-bond acceptors (Lipinski definition) is 7. The van der Waals surface area contributed by atoms with Crippen molar-refractivity contribution in [3.05, 3.63) is 93.0 Å². The Morgan fingerprint density at radius 3 is 2.52 bits per heavy atom. The maximum Gasteiger partial charge on any atom is 0.337 e. The summed E-state index contributed by atoms with van der Waals surface area (Å²) in [5.74, 6) is -0.578. The number of morpholine rings is 1. The van der Waals surface area contributed by atoms with Crippen LogP contribution in [0.4, 0.5) is 4.39 Å². The van der Waals surface area contributed by atoms with Crippen molar-refractivity contribution >= 4 is 16.9 Å². The van der Waals surface area contributed by atoms with Crippen molar-refractivity contribution < 1.29 is 13.9 Å². The number of ether oxygens (including phenoxy) is 1. The van der Waals surface area contributed by atoms with Gasteiger partial charge in [-0.3, -0.25) is 19.1 Å². The maximum absolute atomic E-state index is 14.6. The zero-order chi connectivity index (χ0) is 34.7. The zero-order valence-electron chi connectivity index (χ0n) is 28.8. The third-order valence-electron chi connectivity index (χ3n) is 10.8. The third-order valence-corrected chi connectivity index (χ3v) is 10.8. The molecule has 0 radical (unpaired) electrons. The standard InChI is InChI=1S/C39H47FN6O4/c1-2-18-42-39(16-5-6-17-39)37(48)43-30-12-14-31(15-13-30)46-36(47)34-24-29(40)25-41-35(34)45(38(46)49)32-10-7-9-27(23-32)33-11-4-3-8-28(33)26-44-19-21-50-22-20-44/h3-4,7-11,23-25,30-31,42H,2,5-6,12-22,26H2,1H3,(H,43,48)/t30-,31+. The van der Waals surface area contributed by atoms with Crippen LogP contribution in [0, 0.1) is 5.82 Å². The normalized spacial score (nSPS) is 21.0. The Morgan fingerprint density at radius 1 is 1.00 bits per heavy atom. The van der Waals surface area contributed by atoms with Gasteiger partial charge in [-0.05, 0) is 86.4 Å². The average Bonchev–Trinajstić information content (AvgIpc) is 3.63. The SMILES string of the molecule is CCCNC1(C(=O)N[C@H]2CC[C@@H](n3c(=O)c4cc(F)cnc4n(-c4cccc(-c5ccccc5CN5CCOCC5)c4)c3=O)CC2)CCCC1. The fraction of sp³-hybridized carbons (Fsp3) is 0.487. The smallest absolute Gasteiger partial charge is 0.337 e. The van der Waals surface area contributed by atoms with E-state index in [1.54, 1.807) is 0 Å². The molecule has 0 spiro atoms. The van der Waals surface area contributed by atoms with Crippen molar-refractivity contribution in [3.8, 4) is 16.8 Å². The summed E-state index contributed by atoms with van der Waals surface area (Å²) in [5.41, 5.74) is 2.27. The molecule has 3 heterocycles. The summed E-state index contributed by atoms with van der Waals surface area (Å²) in [5, 5.41) is 6.87. The molecular weight excluding hydrogens is 635 g/mol. The van der Waals surface area contributed by atoms with Crippen LogP contribution in [0.2, 0.25) is 0 Å². The molecular formula is C39H47FN6O4. The van der Waals surface area contributed by atoms with Crippen LogP contribution in [0.25, 0.3) is 27.8 Å². The molecule has 7 rings (SSSR count). The highest BCUT2D eigenvalue weighted by Gasteiger charge is 2.41. The number of benzene rings is 2. The van der Waals surface area contributed by atoms with Crippen molar-refractivity contribution in [2.24, 2.45) is 0 Å². The maximum atomic E-state index is 14.6. The summed E-state index contributed by atoms with van der Waals surface area (Å²) in [6.45, 7) is 6.84. The Morgan fingerprint density at radius 2 is 1.76 bits per heavy atom. The van der Waals surface area contributed by atoms with E-state index in [4.69, 9.17) is 4.74 Å². The first-order valence-corrected chi connectivity index (χ1v) is 18.2. The minimum absolute atomic E-state index is 0.0358. The Hall–Kier alpha value is -4.19. The van der Waals surface area contributed by atoms with Crippen molar-refractivity contribution in [2.75, 3.05) is 32.8 Å². The van der Waals surface area contributed by atoms with Gasteiger partial charge in [0.05, 0.1) is 36.0 Å². The van der Waals surface area contributed by atoms with E-state index in [-0.39, 0.29) is 23.0 Å². The minimum atomic E-state index is -0.638. The van der Waals surface area contributed by atoms with E-state index >= 15 is 0 Å². The number of rotatable bonds is 10. The molecule has 1 amide bonds. The molecule has 10 nitrogen and oxygen atoms in total. The van der Waals surface area contributed by atoms with Gasteiger partial charge in [-0.25, -0.2) is 18.7 Å². The van der Waals surface area contributed by atoms with E-state index in [0.717, 1.165) is 81.2 Å². The van der Waals surface area contributed by atoms with Crippen molar-refractivity contribution in [1.29, 1.82) is 0 Å². The van der Waals surface area contributed by atoms with Gasteiger partial charge in [0.15, 0.2) is 5.65 Å². The lowest BCUT2D eigenvalue weighted by Gasteiger charge is -2.34. The Bertz CT molecular complexity index is 1950. The molecule has 2 saturated carbocycles. The first-order chi connectivity index (χ1) is 24.4. The van der Waals surface area contributed by atoms with Crippen LogP contribution in [0.5, 0.6) is 0 Å². The van der Waals surface area contributed by atoms with Crippen LogP contribution in [0.15, 0.2) is 70.4 Å². The van der Waals surface area contributed by atoms with Gasteiger partial charge in [0, 0.05) is 31.7 Å². The van der Waals surface area contributed by atoms with E-state index in [2.05, 4.69) is 39.6 Å². The average molecular weight is 683 g/mol. The minimum Gasteiger partial charge on any atom is -0.379 e. The molecule has 11 heteroatoms. The Labute approximate surface area is 291 Å². The Balaban J connectivity index is 1.19. The van der Waals surface area contributed by atoms with E-state index in [9.17, 15) is 18.8 Å². The number of amides is 1. The summed E-state index contributed by atoms with van der Waals surface area (Å²) in [6.07, 6.45) is 8.12. The molecule has 0 atom stereocenters. The number of nitrogens with zero attached hydrogens (tertiary/aromatic N) is 4. The predicted molar refractivity (Wildman–Crippen MR) is 192 cm³/mol. The number of carbonyl (C=O) groups excluding carboxylic acids is 1. The van der Waals surface area contributed by atoms with Crippen molar-refractivity contribution in [3.63, 3.8) is 0 Å². The summed E-state index contributed by atoms with van der Waals surface area (Å²) in [7, 11) is 0. The second kappa shape index (κ2) is 15.0. The van der Waals surface area contributed by atoms with Gasteiger partial charge in [0.25, 0.3) is 5.56 Å². The highest BCUT2D eigenvalue weighted by atomic mass is 19.1. The van der Waals surface area contributed by atoms with Gasteiger partial charge in [0.1, 0.15) is 5.82 Å². The highest BCUT2D eigenvalue weighted by Crippen LogP contribution is 2.33. The molecule has 0 unspecified atom stereocenters. The Kier molecular flexibility index (Phi) is 10.3. The molecule has 264 valence electrons. The van der Waals surface area contributed by atoms with Crippen molar-refractivity contribution in [1.82, 2.24) is 29.7 Å². The number of carbonyl (C=O) groups is 1. The topological polar surface area (TPSA) is 110 Å². The van der Waals surface area contributed by atoms with Crippen LogP contribution >= 0.6 is 0 Å². The second-order valence-corrected chi connectivity index (χ2v) is 14.1. The van der Waals surface area contributed by atoms with Gasteiger partial charge in [0.2, 0.25) is 5.91 Å². The van der Waals surface area contributed by atoms with Gasteiger partial charge in [-0.1, -0.05) is 56.2 Å². The van der Waals surface area contributed by atoms with Gasteiger partial charge < -0.3 is 15.4 Å². The molecule has 0 bridgehead atoms. The molecule has 50 heavy (non-hydrogen) atoms. The van der Waals surface area contributed by atoms with Crippen LogP contribution in [0.1, 0.15) is 76.3 Å². The molecule has 3 fully saturated rings. The quantitative estimate of drug-likeness (QED) is 0.240. The first-order valence-electron chi connectivity index (χ1n) is 18.2. The number of nitrogens with one attached hydrogen (secondary N) is 2. The molecule has 2 aromatic heterocycles. The summed E-state index contributed by atoms with van der Waals surface area (Å²) in [4.78, 5) is 48.5.